The predicted octanol–water partition coefficient (Wildman–Crippen LogP) is 2.40. The van der Waals surface area contributed by atoms with E-state index in [2.05, 4.69) is 10.4 Å². The topological polar surface area (TPSA) is 86.4 Å². The molecular formula is C19H18FN3O4. The van der Waals surface area contributed by atoms with E-state index >= 15 is 0 Å². The number of nitrogens with zero attached hydrogens (tertiary/aromatic N) is 2. The first-order valence-corrected chi connectivity index (χ1v) is 8.34. The molecule has 0 aliphatic carbocycles. The number of hydrogen-bond acceptors (Lipinski definition) is 5. The largest absolute Gasteiger partial charge is 0.492 e. The molecule has 0 spiro atoms. The smallest absolute Gasteiger partial charge is 0.267 e. The van der Waals surface area contributed by atoms with Crippen molar-refractivity contribution in [2.75, 3.05) is 13.2 Å². The summed E-state index contributed by atoms with van der Waals surface area (Å²) in [7, 11) is 0. The molecule has 0 bridgehead atoms. The molecule has 1 N–H and O–H groups in total. The molecule has 2 aromatic heterocycles. The number of aromatic nitrogens is 2. The van der Waals surface area contributed by atoms with Crippen molar-refractivity contribution >= 4 is 5.91 Å². The number of ether oxygens (including phenoxy) is 1. The molecule has 0 saturated heterocycles. The van der Waals surface area contributed by atoms with Crippen LogP contribution in [-0.4, -0.2) is 28.8 Å². The third-order valence-corrected chi connectivity index (χ3v) is 3.83. The van der Waals surface area contributed by atoms with E-state index < -0.39 is 11.6 Å². The summed E-state index contributed by atoms with van der Waals surface area (Å²) >= 11 is 0. The van der Waals surface area contributed by atoms with Crippen LogP contribution in [0.25, 0.3) is 11.5 Å². The Bertz CT molecular complexity index is 952. The second kappa shape index (κ2) is 8.31. The van der Waals surface area contributed by atoms with Gasteiger partial charge in [-0.3, -0.25) is 9.59 Å². The van der Waals surface area contributed by atoms with E-state index in [9.17, 15) is 14.0 Å². The molecule has 3 rings (SSSR count). The minimum absolute atomic E-state index is 0.207. The Hall–Kier alpha value is -3.42. The summed E-state index contributed by atoms with van der Waals surface area (Å²) in [6.07, 6.45) is 1.50. The van der Waals surface area contributed by atoms with E-state index in [-0.39, 0.29) is 24.9 Å². The molecule has 7 nitrogen and oxygen atoms in total. The highest BCUT2D eigenvalue weighted by atomic mass is 19.1. The first kappa shape index (κ1) is 18.4. The highest BCUT2D eigenvalue weighted by Gasteiger charge is 2.18. The number of benzene rings is 1. The maximum absolute atomic E-state index is 12.8. The number of rotatable bonds is 7. The van der Waals surface area contributed by atoms with Gasteiger partial charge < -0.3 is 14.5 Å². The minimum Gasteiger partial charge on any atom is -0.492 e. The summed E-state index contributed by atoms with van der Waals surface area (Å²) in [6.45, 7) is 2.02. The Morgan fingerprint density at radius 3 is 2.74 bits per heavy atom. The molecule has 1 amide bonds. The number of carbonyl (C=O) groups is 1. The Kier molecular flexibility index (Phi) is 5.65. The van der Waals surface area contributed by atoms with Gasteiger partial charge in [0.1, 0.15) is 29.9 Å². The SMILES string of the molecule is C[C@@H](C(=O)NCCOc1ccc(F)cc1)n1nc(-c2ccco2)ccc1=O. The Balaban J connectivity index is 1.57. The molecule has 3 aromatic rings. The van der Waals surface area contributed by atoms with Gasteiger partial charge in [-0.25, -0.2) is 9.07 Å². The monoisotopic (exact) mass is 371 g/mol. The average Bonchev–Trinajstić information content (AvgIpc) is 3.21. The van der Waals surface area contributed by atoms with E-state index in [1.165, 1.54) is 36.6 Å². The van der Waals surface area contributed by atoms with Gasteiger partial charge in [0, 0.05) is 6.07 Å². The fourth-order valence-corrected chi connectivity index (χ4v) is 2.39. The van der Waals surface area contributed by atoms with Gasteiger partial charge in [-0.05, 0) is 49.4 Å². The predicted molar refractivity (Wildman–Crippen MR) is 95.8 cm³/mol. The van der Waals surface area contributed by atoms with Crippen LogP contribution in [0, 0.1) is 5.82 Å². The second-order valence-electron chi connectivity index (χ2n) is 5.75. The molecule has 0 aliphatic heterocycles. The van der Waals surface area contributed by atoms with Crippen molar-refractivity contribution in [1.82, 2.24) is 15.1 Å². The quantitative estimate of drug-likeness (QED) is 0.645. The number of furan rings is 1. The Labute approximate surface area is 154 Å². The third-order valence-electron chi connectivity index (χ3n) is 3.83. The van der Waals surface area contributed by atoms with Gasteiger partial charge >= 0.3 is 0 Å². The zero-order valence-corrected chi connectivity index (χ0v) is 14.6. The van der Waals surface area contributed by atoms with E-state index in [1.807, 2.05) is 0 Å². The molecule has 0 aliphatic rings. The van der Waals surface area contributed by atoms with Crippen LogP contribution < -0.4 is 15.6 Å². The molecule has 0 unspecified atom stereocenters. The summed E-state index contributed by atoms with van der Waals surface area (Å²) in [6, 6.07) is 11.1. The van der Waals surface area contributed by atoms with Gasteiger partial charge in [0.05, 0.1) is 12.8 Å². The Morgan fingerprint density at radius 2 is 2.04 bits per heavy atom. The molecule has 8 heteroatoms. The summed E-state index contributed by atoms with van der Waals surface area (Å²) in [5.41, 5.74) is 0.0643. The van der Waals surface area contributed by atoms with Gasteiger partial charge in [0.25, 0.3) is 5.56 Å². The van der Waals surface area contributed by atoms with Crippen molar-refractivity contribution in [3.63, 3.8) is 0 Å². The van der Waals surface area contributed by atoms with Gasteiger partial charge in [0.2, 0.25) is 5.91 Å². The van der Waals surface area contributed by atoms with Gasteiger partial charge in [-0.1, -0.05) is 0 Å². The van der Waals surface area contributed by atoms with Crippen molar-refractivity contribution in [3.05, 3.63) is 71.0 Å². The average molecular weight is 371 g/mol. The molecule has 0 fully saturated rings. The van der Waals surface area contributed by atoms with E-state index in [0.29, 0.717) is 17.2 Å². The van der Waals surface area contributed by atoms with Crippen molar-refractivity contribution in [2.24, 2.45) is 0 Å². The van der Waals surface area contributed by atoms with Crippen LogP contribution >= 0.6 is 0 Å². The van der Waals surface area contributed by atoms with E-state index in [0.717, 1.165) is 4.68 Å². The number of hydrogen-bond donors (Lipinski definition) is 1. The van der Waals surface area contributed by atoms with Crippen molar-refractivity contribution in [1.29, 1.82) is 0 Å². The first-order chi connectivity index (χ1) is 13.0. The van der Waals surface area contributed by atoms with Crippen LogP contribution in [0.5, 0.6) is 5.75 Å². The highest BCUT2D eigenvalue weighted by Crippen LogP contribution is 2.16. The number of halogens is 1. The molecule has 140 valence electrons. The fraction of sp³-hybridized carbons (Fsp3) is 0.211. The van der Waals surface area contributed by atoms with Crippen LogP contribution in [0.15, 0.2) is 64.0 Å². The lowest BCUT2D eigenvalue weighted by Crippen LogP contribution is -2.38. The normalized spacial score (nSPS) is 11.8. The van der Waals surface area contributed by atoms with Gasteiger partial charge in [-0.15, -0.1) is 0 Å². The third kappa shape index (κ3) is 4.60. The lowest BCUT2D eigenvalue weighted by atomic mass is 10.3. The standard InChI is InChI=1S/C19H18FN3O4/c1-13(19(25)21-10-12-26-15-6-4-14(20)5-7-15)23-18(24)9-8-16(22-23)17-3-2-11-27-17/h2-9,11,13H,10,12H2,1H3,(H,21,25)/t13-/m0/s1. The minimum atomic E-state index is -0.807. The van der Waals surface area contributed by atoms with Crippen LogP contribution in [-0.2, 0) is 4.79 Å². The number of carbonyl (C=O) groups excluding carboxylic acids is 1. The van der Waals surface area contributed by atoms with Crippen molar-refractivity contribution in [2.45, 2.75) is 13.0 Å². The number of nitrogens with one attached hydrogen (secondary N) is 1. The maximum atomic E-state index is 12.8. The zero-order valence-electron chi connectivity index (χ0n) is 14.6. The molecule has 0 saturated carbocycles. The Morgan fingerprint density at radius 1 is 1.26 bits per heavy atom. The highest BCUT2D eigenvalue weighted by molar-refractivity contribution is 5.79. The van der Waals surface area contributed by atoms with Gasteiger partial charge in [-0.2, -0.15) is 5.10 Å². The summed E-state index contributed by atoms with van der Waals surface area (Å²) < 4.78 is 24.6. The van der Waals surface area contributed by atoms with E-state index in [1.54, 1.807) is 25.1 Å². The molecule has 2 heterocycles. The van der Waals surface area contributed by atoms with E-state index in [4.69, 9.17) is 9.15 Å². The molecular weight excluding hydrogens is 353 g/mol. The van der Waals surface area contributed by atoms with Gasteiger partial charge in [0.15, 0.2) is 5.76 Å². The molecule has 0 radical (unpaired) electrons. The van der Waals surface area contributed by atoms with Crippen LogP contribution in [0.4, 0.5) is 4.39 Å². The zero-order chi connectivity index (χ0) is 19.2. The lowest BCUT2D eigenvalue weighted by Gasteiger charge is -2.15. The summed E-state index contributed by atoms with van der Waals surface area (Å²) in [4.78, 5) is 24.4. The van der Waals surface area contributed by atoms with Crippen LogP contribution in [0.1, 0.15) is 13.0 Å². The summed E-state index contributed by atoms with van der Waals surface area (Å²) in [5.74, 6) is 0.287. The maximum Gasteiger partial charge on any atom is 0.267 e. The van der Waals surface area contributed by atoms with Crippen LogP contribution in [0.2, 0.25) is 0 Å². The molecule has 1 atom stereocenters. The summed E-state index contributed by atoms with van der Waals surface area (Å²) in [5, 5.41) is 6.89. The van der Waals surface area contributed by atoms with Crippen LogP contribution in [0.3, 0.4) is 0 Å². The second-order valence-corrected chi connectivity index (χ2v) is 5.75. The number of amides is 1. The molecule has 1 aromatic carbocycles. The first-order valence-electron chi connectivity index (χ1n) is 8.34. The van der Waals surface area contributed by atoms with Crippen molar-refractivity contribution in [3.8, 4) is 17.2 Å². The fourth-order valence-electron chi connectivity index (χ4n) is 2.39. The lowest BCUT2D eigenvalue weighted by molar-refractivity contribution is -0.124. The van der Waals surface area contributed by atoms with Crippen molar-refractivity contribution < 1.29 is 18.3 Å². The molecule has 27 heavy (non-hydrogen) atoms.